The van der Waals surface area contributed by atoms with E-state index >= 15 is 0 Å². The molecule has 2 rings (SSSR count). The maximum absolute atomic E-state index is 12.9. The molecule has 0 saturated carbocycles. The number of para-hydroxylation sites is 1. The lowest BCUT2D eigenvalue weighted by Crippen LogP contribution is -2.36. The predicted molar refractivity (Wildman–Crippen MR) is 102 cm³/mol. The molecule has 0 aliphatic rings. The zero-order valence-corrected chi connectivity index (χ0v) is 16.5. The van der Waals surface area contributed by atoms with Crippen LogP contribution in [0.25, 0.3) is 0 Å². The molecule has 156 valence electrons. The summed E-state index contributed by atoms with van der Waals surface area (Å²) in [6.45, 7) is 4.73. The van der Waals surface area contributed by atoms with E-state index in [0.29, 0.717) is 5.69 Å². The lowest BCUT2D eigenvalue weighted by molar-refractivity contribution is -0.142. The molecule has 0 radical (unpaired) electrons. The van der Waals surface area contributed by atoms with Gasteiger partial charge in [0.15, 0.2) is 6.61 Å². The fraction of sp³-hybridized carbons (Fsp3) is 0.333. The van der Waals surface area contributed by atoms with Gasteiger partial charge < -0.3 is 14.4 Å². The first-order valence-electron chi connectivity index (χ1n) is 8.77. The smallest absolute Gasteiger partial charge is 0.419 e. The van der Waals surface area contributed by atoms with Crippen molar-refractivity contribution < 1.29 is 32.2 Å². The van der Waals surface area contributed by atoms with Crippen molar-refractivity contribution in [2.45, 2.75) is 26.9 Å². The predicted octanol–water partition coefficient (Wildman–Crippen LogP) is 4.70. The second-order valence-electron chi connectivity index (χ2n) is 7.36. The normalized spacial score (nSPS) is 11.7. The number of carbonyl (C=O) groups excluding carboxylic acids is 2. The number of ether oxygens (including phenoxy) is 2. The molecule has 5 nitrogen and oxygen atoms in total. The largest absolute Gasteiger partial charge is 0.481 e. The van der Waals surface area contributed by atoms with Crippen LogP contribution in [0.5, 0.6) is 11.5 Å². The minimum atomic E-state index is -4.59. The number of amides is 1. The van der Waals surface area contributed by atoms with E-state index in [-0.39, 0.29) is 11.7 Å². The van der Waals surface area contributed by atoms with Gasteiger partial charge in [0.25, 0.3) is 0 Å². The van der Waals surface area contributed by atoms with E-state index in [1.165, 1.54) is 29.2 Å². The molecule has 0 aromatic heterocycles. The van der Waals surface area contributed by atoms with Gasteiger partial charge in [-0.05, 0) is 36.4 Å². The number of halogens is 3. The van der Waals surface area contributed by atoms with Crippen LogP contribution in [0, 0.1) is 5.41 Å². The Balaban J connectivity index is 1.98. The third-order valence-corrected chi connectivity index (χ3v) is 3.94. The minimum absolute atomic E-state index is 0.0843. The van der Waals surface area contributed by atoms with Gasteiger partial charge in [0.05, 0.1) is 5.56 Å². The van der Waals surface area contributed by atoms with Crippen LogP contribution in [0.15, 0.2) is 48.5 Å². The third kappa shape index (κ3) is 5.97. The van der Waals surface area contributed by atoms with Gasteiger partial charge in [-0.3, -0.25) is 4.79 Å². The summed E-state index contributed by atoms with van der Waals surface area (Å²) >= 11 is 0. The first-order chi connectivity index (χ1) is 13.4. The van der Waals surface area contributed by atoms with E-state index in [4.69, 9.17) is 9.47 Å². The Morgan fingerprint density at radius 3 is 2.10 bits per heavy atom. The highest BCUT2D eigenvalue weighted by molar-refractivity contribution is 5.96. The zero-order chi connectivity index (χ0) is 21.8. The monoisotopic (exact) mass is 409 g/mol. The highest BCUT2D eigenvalue weighted by atomic mass is 19.4. The maximum atomic E-state index is 12.9. The van der Waals surface area contributed by atoms with Crippen molar-refractivity contribution in [2.75, 3.05) is 18.6 Å². The summed E-state index contributed by atoms with van der Waals surface area (Å²) in [7, 11) is 1.64. The van der Waals surface area contributed by atoms with Gasteiger partial charge in [-0.15, -0.1) is 0 Å². The molecule has 2 aromatic carbocycles. The summed E-state index contributed by atoms with van der Waals surface area (Å²) in [5.41, 5.74) is -0.909. The molecular formula is C21H22F3NO4. The topological polar surface area (TPSA) is 55.8 Å². The molecule has 1 amide bonds. The van der Waals surface area contributed by atoms with Crippen molar-refractivity contribution in [3.63, 3.8) is 0 Å². The first kappa shape index (κ1) is 22.3. The third-order valence-electron chi connectivity index (χ3n) is 3.94. The number of hydrogen-bond donors (Lipinski definition) is 0. The standard InChI is InChI=1S/C21H22F3NO4/c1-20(2,3)19(27)25(4)14-9-11-15(12-10-14)29-18(26)13-28-17-8-6-5-7-16(17)21(22,23)24/h5-12H,13H2,1-4H3. The van der Waals surface area contributed by atoms with Gasteiger partial charge in [0.2, 0.25) is 5.91 Å². The quantitative estimate of drug-likeness (QED) is 0.531. The van der Waals surface area contributed by atoms with E-state index in [2.05, 4.69) is 0 Å². The molecule has 0 spiro atoms. The Morgan fingerprint density at radius 1 is 0.966 bits per heavy atom. The van der Waals surface area contributed by atoms with Crippen molar-refractivity contribution in [2.24, 2.45) is 5.41 Å². The molecular weight excluding hydrogens is 387 g/mol. The number of benzene rings is 2. The highest BCUT2D eigenvalue weighted by Crippen LogP contribution is 2.35. The van der Waals surface area contributed by atoms with Gasteiger partial charge in [0, 0.05) is 18.2 Å². The summed E-state index contributed by atoms with van der Waals surface area (Å²) in [6.07, 6.45) is -4.59. The number of carbonyl (C=O) groups is 2. The van der Waals surface area contributed by atoms with Crippen molar-refractivity contribution in [1.29, 1.82) is 0 Å². The van der Waals surface area contributed by atoms with Crippen molar-refractivity contribution in [3.8, 4) is 11.5 Å². The molecule has 0 fully saturated rings. The molecule has 8 heteroatoms. The van der Waals surface area contributed by atoms with E-state index in [1.807, 2.05) is 0 Å². The molecule has 0 unspecified atom stereocenters. The fourth-order valence-electron chi connectivity index (χ4n) is 2.48. The number of rotatable bonds is 5. The van der Waals surface area contributed by atoms with E-state index in [9.17, 15) is 22.8 Å². The maximum Gasteiger partial charge on any atom is 0.419 e. The van der Waals surface area contributed by atoms with Gasteiger partial charge in [-0.25, -0.2) is 4.79 Å². The minimum Gasteiger partial charge on any atom is -0.481 e. The Labute approximate surface area is 167 Å². The average molecular weight is 409 g/mol. The first-order valence-corrected chi connectivity index (χ1v) is 8.77. The van der Waals surface area contributed by atoms with Crippen LogP contribution in [0.1, 0.15) is 26.3 Å². The van der Waals surface area contributed by atoms with Crippen molar-refractivity contribution in [3.05, 3.63) is 54.1 Å². The fourth-order valence-corrected chi connectivity index (χ4v) is 2.48. The number of anilines is 1. The second-order valence-corrected chi connectivity index (χ2v) is 7.36. The van der Waals surface area contributed by atoms with Crippen LogP contribution in [-0.2, 0) is 15.8 Å². The van der Waals surface area contributed by atoms with Crippen LogP contribution in [0.2, 0.25) is 0 Å². The number of esters is 1. The molecule has 0 saturated heterocycles. The van der Waals surface area contributed by atoms with Crippen LogP contribution in [-0.4, -0.2) is 25.5 Å². The SMILES string of the molecule is CN(C(=O)C(C)(C)C)c1ccc(OC(=O)COc2ccccc2C(F)(F)F)cc1. The molecule has 0 aliphatic carbocycles. The molecule has 0 bridgehead atoms. The molecule has 0 heterocycles. The Kier molecular flexibility index (Phi) is 6.56. The lowest BCUT2D eigenvalue weighted by Gasteiger charge is -2.26. The van der Waals surface area contributed by atoms with Crippen LogP contribution >= 0.6 is 0 Å². The molecule has 0 atom stereocenters. The van der Waals surface area contributed by atoms with E-state index in [1.54, 1.807) is 40.0 Å². The van der Waals surface area contributed by atoms with Crippen molar-refractivity contribution in [1.82, 2.24) is 0 Å². The summed E-state index contributed by atoms with van der Waals surface area (Å²) in [5.74, 6) is -1.20. The van der Waals surface area contributed by atoms with E-state index in [0.717, 1.165) is 12.1 Å². The average Bonchev–Trinajstić information content (AvgIpc) is 2.64. The second kappa shape index (κ2) is 8.55. The Bertz CT molecular complexity index is 871. The summed E-state index contributed by atoms with van der Waals surface area (Å²) < 4.78 is 48.8. The molecule has 0 N–H and O–H groups in total. The van der Waals surface area contributed by atoms with Gasteiger partial charge in [0.1, 0.15) is 11.5 Å². The van der Waals surface area contributed by atoms with Gasteiger partial charge in [-0.1, -0.05) is 32.9 Å². The summed E-state index contributed by atoms with van der Waals surface area (Å²) in [6, 6.07) is 10.8. The van der Waals surface area contributed by atoms with Crippen LogP contribution in [0.3, 0.4) is 0 Å². The lowest BCUT2D eigenvalue weighted by atomic mass is 9.95. The molecule has 29 heavy (non-hydrogen) atoms. The van der Waals surface area contributed by atoms with E-state index < -0.39 is 35.5 Å². The number of hydrogen-bond acceptors (Lipinski definition) is 4. The highest BCUT2D eigenvalue weighted by Gasteiger charge is 2.34. The molecule has 2 aromatic rings. The number of nitrogens with zero attached hydrogens (tertiary/aromatic N) is 1. The zero-order valence-electron chi connectivity index (χ0n) is 16.5. The summed E-state index contributed by atoms with van der Waals surface area (Å²) in [4.78, 5) is 25.7. The van der Waals surface area contributed by atoms with Crippen LogP contribution < -0.4 is 14.4 Å². The van der Waals surface area contributed by atoms with Gasteiger partial charge in [-0.2, -0.15) is 13.2 Å². The Hall–Kier alpha value is -3.03. The van der Waals surface area contributed by atoms with Crippen LogP contribution in [0.4, 0.5) is 18.9 Å². The number of alkyl halides is 3. The molecule has 0 aliphatic heterocycles. The van der Waals surface area contributed by atoms with Crippen molar-refractivity contribution >= 4 is 17.6 Å². The van der Waals surface area contributed by atoms with Gasteiger partial charge >= 0.3 is 12.1 Å². The summed E-state index contributed by atoms with van der Waals surface area (Å²) in [5, 5.41) is 0. The Morgan fingerprint density at radius 2 is 1.55 bits per heavy atom.